The molecule has 0 aliphatic rings. The van der Waals surface area contributed by atoms with Gasteiger partial charge in [-0.2, -0.15) is 26.3 Å². The van der Waals surface area contributed by atoms with E-state index < -0.39 is 22.1 Å². The van der Waals surface area contributed by atoms with E-state index in [0.29, 0.717) is 45.4 Å². The maximum Gasteiger partial charge on any atom is 0.425 e. The molecule has 0 aliphatic heterocycles. The van der Waals surface area contributed by atoms with E-state index in [1.54, 1.807) is 0 Å². The molecule has 0 unspecified atom stereocenters. The van der Waals surface area contributed by atoms with Crippen LogP contribution in [-0.4, -0.2) is 31.6 Å². The van der Waals surface area contributed by atoms with E-state index in [0.717, 1.165) is 18.6 Å². The van der Waals surface area contributed by atoms with Crippen molar-refractivity contribution in [2.24, 2.45) is 0 Å². The second kappa shape index (κ2) is 11.6. The number of aromatic nitrogens is 5. The van der Waals surface area contributed by atoms with Gasteiger partial charge in [-0.25, -0.2) is 19.9 Å². The van der Waals surface area contributed by atoms with Gasteiger partial charge in [-0.15, -0.1) is 22.7 Å². The summed E-state index contributed by atoms with van der Waals surface area (Å²) in [5.74, 6) is 0.690. The predicted octanol–water partition coefficient (Wildman–Crippen LogP) is 8.38. The Bertz CT molecular complexity index is 1770. The van der Waals surface area contributed by atoms with Crippen molar-refractivity contribution in [3.05, 3.63) is 81.4 Å². The molecule has 6 rings (SSSR count). The van der Waals surface area contributed by atoms with Crippen molar-refractivity contribution in [3.63, 3.8) is 0 Å². The minimum absolute atomic E-state index is 0.0526. The molecule has 7 nitrogen and oxygen atoms in total. The van der Waals surface area contributed by atoms with E-state index >= 15 is 0 Å². The van der Waals surface area contributed by atoms with E-state index in [4.69, 9.17) is 16.1 Å². The zero-order valence-corrected chi connectivity index (χ0v) is 22.7. The molecule has 16 heteroatoms. The van der Waals surface area contributed by atoms with Gasteiger partial charge in [-0.1, -0.05) is 47.1 Å². The van der Waals surface area contributed by atoms with Crippen molar-refractivity contribution in [3.8, 4) is 11.6 Å². The van der Waals surface area contributed by atoms with Crippen LogP contribution < -0.4 is 5.32 Å². The first-order valence-corrected chi connectivity index (χ1v) is 13.6. The molecular formula is C25H15ClF6N6OS2. The summed E-state index contributed by atoms with van der Waals surface area (Å²) in [6.45, 7) is 0.618. The first-order valence-electron chi connectivity index (χ1n) is 11.5. The SMILES string of the molecule is FC(F)(F)c1cc2c(Cl)nc(-c3ccno3)nc2s1.FC(F)(F)c1cc2cnc(NCCc3ccccc3)nc2s1. The van der Waals surface area contributed by atoms with Crippen LogP contribution in [0.25, 0.3) is 32.0 Å². The smallest absolute Gasteiger partial charge is 0.354 e. The highest BCUT2D eigenvalue weighted by molar-refractivity contribution is 7.19. The Kier molecular flexibility index (Phi) is 8.11. The average molecular weight is 629 g/mol. The van der Waals surface area contributed by atoms with Crippen molar-refractivity contribution in [1.82, 2.24) is 25.1 Å². The second-order valence-electron chi connectivity index (χ2n) is 8.27. The van der Waals surface area contributed by atoms with Gasteiger partial charge in [-0.3, -0.25) is 0 Å². The number of fused-ring (bicyclic) bond motifs is 2. The largest absolute Gasteiger partial charge is 0.425 e. The van der Waals surface area contributed by atoms with Crippen LogP contribution in [0.4, 0.5) is 32.3 Å². The van der Waals surface area contributed by atoms with Crippen LogP contribution in [0, 0.1) is 0 Å². The second-order valence-corrected chi connectivity index (χ2v) is 10.7. The van der Waals surface area contributed by atoms with Crippen LogP contribution in [-0.2, 0) is 18.8 Å². The number of nitrogens with one attached hydrogen (secondary N) is 1. The summed E-state index contributed by atoms with van der Waals surface area (Å²) < 4.78 is 80.7. The average Bonchev–Trinajstić information content (AvgIpc) is 3.68. The topological polar surface area (TPSA) is 89.6 Å². The van der Waals surface area contributed by atoms with Crippen molar-refractivity contribution >= 4 is 60.7 Å². The van der Waals surface area contributed by atoms with Gasteiger partial charge in [0.05, 0.1) is 6.20 Å². The lowest BCUT2D eigenvalue weighted by Crippen LogP contribution is -2.07. The lowest BCUT2D eigenvalue weighted by atomic mass is 10.1. The number of nitrogens with zero attached hydrogens (tertiary/aromatic N) is 5. The number of hydrogen-bond acceptors (Lipinski definition) is 9. The predicted molar refractivity (Wildman–Crippen MR) is 144 cm³/mol. The molecule has 0 aliphatic carbocycles. The molecule has 5 aromatic heterocycles. The summed E-state index contributed by atoms with van der Waals surface area (Å²) in [6, 6.07) is 13.4. The van der Waals surface area contributed by atoms with Crippen molar-refractivity contribution < 1.29 is 30.9 Å². The maximum atomic E-state index is 12.7. The number of halogens is 7. The van der Waals surface area contributed by atoms with Crippen molar-refractivity contribution in [2.75, 3.05) is 11.9 Å². The minimum Gasteiger partial charge on any atom is -0.354 e. The molecule has 0 amide bonds. The number of rotatable bonds is 5. The third-order valence-corrected chi connectivity index (χ3v) is 7.83. The number of anilines is 1. The summed E-state index contributed by atoms with van der Waals surface area (Å²) >= 11 is 7.01. The summed E-state index contributed by atoms with van der Waals surface area (Å²) in [6.07, 6.45) is -5.18. The summed E-state index contributed by atoms with van der Waals surface area (Å²) in [7, 11) is 0. The first kappa shape index (κ1) is 28.7. The van der Waals surface area contributed by atoms with Crippen molar-refractivity contribution in [2.45, 2.75) is 18.8 Å². The van der Waals surface area contributed by atoms with E-state index in [9.17, 15) is 26.3 Å². The van der Waals surface area contributed by atoms with Crippen LogP contribution in [0.15, 0.2) is 65.4 Å². The minimum atomic E-state index is -4.43. The molecule has 6 aromatic rings. The van der Waals surface area contributed by atoms with Gasteiger partial charge >= 0.3 is 12.4 Å². The maximum absolute atomic E-state index is 12.7. The van der Waals surface area contributed by atoms with Crippen LogP contribution in [0.1, 0.15) is 15.3 Å². The van der Waals surface area contributed by atoms with Gasteiger partial charge in [0.15, 0.2) is 0 Å². The number of benzene rings is 1. The molecule has 0 saturated carbocycles. The van der Waals surface area contributed by atoms with Gasteiger partial charge in [0.25, 0.3) is 0 Å². The summed E-state index contributed by atoms with van der Waals surface area (Å²) in [5.41, 5.74) is 1.17. The molecule has 1 N–H and O–H groups in total. The molecule has 41 heavy (non-hydrogen) atoms. The van der Waals surface area contributed by atoms with Crippen molar-refractivity contribution in [1.29, 1.82) is 0 Å². The van der Waals surface area contributed by atoms with Crippen LogP contribution in [0.3, 0.4) is 0 Å². The zero-order chi connectivity index (χ0) is 29.2. The first-order chi connectivity index (χ1) is 19.5. The monoisotopic (exact) mass is 628 g/mol. The highest BCUT2D eigenvalue weighted by atomic mass is 35.5. The fourth-order valence-electron chi connectivity index (χ4n) is 3.49. The molecule has 212 valence electrons. The fraction of sp³-hybridized carbons (Fsp3) is 0.160. The van der Waals surface area contributed by atoms with E-state index in [1.165, 1.54) is 24.0 Å². The number of thiophene rings is 2. The lowest BCUT2D eigenvalue weighted by Gasteiger charge is -2.04. The Balaban J connectivity index is 0.000000166. The normalized spacial score (nSPS) is 12.0. The molecule has 5 heterocycles. The quantitative estimate of drug-likeness (QED) is 0.151. The third-order valence-electron chi connectivity index (χ3n) is 5.38. The fourth-order valence-corrected chi connectivity index (χ4v) is 5.54. The lowest BCUT2D eigenvalue weighted by molar-refractivity contribution is -0.135. The highest BCUT2D eigenvalue weighted by Crippen LogP contribution is 2.40. The number of alkyl halides is 6. The van der Waals surface area contributed by atoms with Gasteiger partial charge in [0, 0.05) is 29.6 Å². The molecular weight excluding hydrogens is 614 g/mol. The third kappa shape index (κ3) is 6.92. The Morgan fingerprint density at radius 2 is 1.56 bits per heavy atom. The van der Waals surface area contributed by atoms with Gasteiger partial charge in [0.2, 0.25) is 17.5 Å². The highest BCUT2D eigenvalue weighted by Gasteiger charge is 2.34. The summed E-state index contributed by atoms with van der Waals surface area (Å²) in [4.78, 5) is 15.2. The van der Waals surface area contributed by atoms with E-state index in [-0.39, 0.29) is 27.0 Å². The molecule has 0 spiro atoms. The van der Waals surface area contributed by atoms with E-state index in [1.807, 2.05) is 30.3 Å². The van der Waals surface area contributed by atoms with E-state index in [2.05, 4.69) is 30.4 Å². The zero-order valence-electron chi connectivity index (χ0n) is 20.3. The Labute approximate surface area is 239 Å². The Morgan fingerprint density at radius 3 is 2.24 bits per heavy atom. The molecule has 0 radical (unpaired) electrons. The van der Waals surface area contributed by atoms with Gasteiger partial charge in [-0.05, 0) is 24.1 Å². The Morgan fingerprint density at radius 1 is 0.854 bits per heavy atom. The van der Waals surface area contributed by atoms with Gasteiger partial charge in [0.1, 0.15) is 24.6 Å². The molecule has 0 atom stereocenters. The van der Waals surface area contributed by atoms with Crippen LogP contribution in [0.2, 0.25) is 5.15 Å². The molecule has 0 saturated heterocycles. The van der Waals surface area contributed by atoms with Gasteiger partial charge < -0.3 is 9.84 Å². The summed E-state index contributed by atoms with van der Waals surface area (Å²) in [5, 5.41) is 7.04. The Hall–Kier alpha value is -3.82. The van der Waals surface area contributed by atoms with Crippen LogP contribution >= 0.6 is 34.3 Å². The molecule has 0 fully saturated rings. The molecule has 1 aromatic carbocycles. The standard InChI is InChI=1S/C15H12F3N3S.C10H3ClF3N3OS/c16-15(17,18)12-8-11-9-20-14(21-13(11)22-12)19-7-6-10-4-2-1-3-5-10;11-7-4-3-6(10(12,13)14)19-9(4)17-8(16-7)5-1-2-15-18-5/h1-5,8-9H,6-7H2,(H,19,20,21);1-3H. The molecule has 0 bridgehead atoms. The van der Waals surface area contributed by atoms with Crippen LogP contribution in [0.5, 0.6) is 0 Å². The number of hydrogen-bond donors (Lipinski definition) is 1.